The Labute approximate surface area is 173 Å². The Balaban J connectivity index is 1.56. The van der Waals surface area contributed by atoms with Crippen molar-refractivity contribution < 1.29 is 9.59 Å². The fraction of sp³-hybridized carbons (Fsp3) is 0.417. The molecule has 3 rings (SSSR count). The van der Waals surface area contributed by atoms with Gasteiger partial charge in [-0.05, 0) is 75.6 Å². The number of anilines is 2. The second kappa shape index (κ2) is 9.59. The first-order chi connectivity index (χ1) is 14.0. The quantitative estimate of drug-likeness (QED) is 0.689. The topological polar surface area (TPSA) is 61.4 Å². The largest absolute Gasteiger partial charge is 0.369 e. The molecule has 0 unspecified atom stereocenters. The zero-order valence-electron chi connectivity index (χ0n) is 17.6. The van der Waals surface area contributed by atoms with E-state index in [0.717, 1.165) is 42.7 Å². The van der Waals surface area contributed by atoms with Crippen molar-refractivity contribution in [3.8, 4) is 0 Å². The number of amides is 2. The van der Waals surface area contributed by atoms with Crippen LogP contribution >= 0.6 is 0 Å². The predicted octanol–water partition coefficient (Wildman–Crippen LogP) is 4.59. The molecule has 5 nitrogen and oxygen atoms in total. The SMILES string of the molecule is CCN(c1ccc(C(=O)NCc2cccc(NC(=O)C3CCC3)c2)cc1)C(C)C. The van der Waals surface area contributed by atoms with Crippen LogP contribution in [0.3, 0.4) is 0 Å². The van der Waals surface area contributed by atoms with E-state index >= 15 is 0 Å². The van der Waals surface area contributed by atoms with E-state index in [2.05, 4.69) is 36.3 Å². The smallest absolute Gasteiger partial charge is 0.251 e. The summed E-state index contributed by atoms with van der Waals surface area (Å²) in [6.07, 6.45) is 3.10. The van der Waals surface area contributed by atoms with Crippen LogP contribution in [-0.4, -0.2) is 24.4 Å². The van der Waals surface area contributed by atoms with E-state index in [1.807, 2.05) is 48.5 Å². The summed E-state index contributed by atoms with van der Waals surface area (Å²) >= 11 is 0. The summed E-state index contributed by atoms with van der Waals surface area (Å²) in [5.41, 5.74) is 3.50. The van der Waals surface area contributed by atoms with Gasteiger partial charge in [0.2, 0.25) is 5.91 Å². The molecule has 154 valence electrons. The Morgan fingerprint density at radius 3 is 2.41 bits per heavy atom. The first-order valence-electron chi connectivity index (χ1n) is 10.5. The molecule has 2 amide bonds. The van der Waals surface area contributed by atoms with Gasteiger partial charge in [-0.2, -0.15) is 0 Å². The van der Waals surface area contributed by atoms with Gasteiger partial charge in [-0.3, -0.25) is 9.59 Å². The fourth-order valence-corrected chi connectivity index (χ4v) is 3.61. The summed E-state index contributed by atoms with van der Waals surface area (Å²) in [5.74, 6) is 0.147. The van der Waals surface area contributed by atoms with Gasteiger partial charge in [-0.15, -0.1) is 0 Å². The lowest BCUT2D eigenvalue weighted by atomic mass is 9.85. The molecule has 2 N–H and O–H groups in total. The molecule has 29 heavy (non-hydrogen) atoms. The van der Waals surface area contributed by atoms with Crippen molar-refractivity contribution in [1.29, 1.82) is 0 Å². The molecule has 1 saturated carbocycles. The van der Waals surface area contributed by atoms with Crippen molar-refractivity contribution in [3.63, 3.8) is 0 Å². The number of hydrogen-bond acceptors (Lipinski definition) is 3. The average molecular weight is 394 g/mol. The van der Waals surface area contributed by atoms with Crippen molar-refractivity contribution in [2.45, 2.75) is 52.6 Å². The van der Waals surface area contributed by atoms with Gasteiger partial charge in [-0.1, -0.05) is 18.6 Å². The highest BCUT2D eigenvalue weighted by molar-refractivity contribution is 5.95. The molecule has 1 aliphatic rings. The van der Waals surface area contributed by atoms with Gasteiger partial charge in [-0.25, -0.2) is 0 Å². The molecular weight excluding hydrogens is 362 g/mol. The normalized spacial score (nSPS) is 13.7. The number of nitrogens with one attached hydrogen (secondary N) is 2. The predicted molar refractivity (Wildman–Crippen MR) is 118 cm³/mol. The molecule has 1 fully saturated rings. The minimum atomic E-state index is -0.104. The van der Waals surface area contributed by atoms with Gasteiger partial charge in [0.25, 0.3) is 5.91 Å². The lowest BCUT2D eigenvalue weighted by Crippen LogP contribution is -2.30. The maximum Gasteiger partial charge on any atom is 0.251 e. The van der Waals surface area contributed by atoms with Crippen LogP contribution in [0.25, 0.3) is 0 Å². The summed E-state index contributed by atoms with van der Waals surface area (Å²) < 4.78 is 0. The van der Waals surface area contributed by atoms with E-state index in [1.165, 1.54) is 0 Å². The highest BCUT2D eigenvalue weighted by Gasteiger charge is 2.25. The number of carbonyl (C=O) groups is 2. The lowest BCUT2D eigenvalue weighted by Gasteiger charge is -2.27. The summed E-state index contributed by atoms with van der Waals surface area (Å²) in [6, 6.07) is 15.8. The van der Waals surface area contributed by atoms with E-state index in [9.17, 15) is 9.59 Å². The van der Waals surface area contributed by atoms with E-state index in [-0.39, 0.29) is 17.7 Å². The zero-order valence-corrected chi connectivity index (χ0v) is 17.6. The van der Waals surface area contributed by atoms with Crippen molar-refractivity contribution >= 4 is 23.2 Å². The van der Waals surface area contributed by atoms with Crippen molar-refractivity contribution in [2.75, 3.05) is 16.8 Å². The lowest BCUT2D eigenvalue weighted by molar-refractivity contribution is -0.122. The molecule has 2 aromatic rings. The summed E-state index contributed by atoms with van der Waals surface area (Å²) in [4.78, 5) is 26.9. The summed E-state index contributed by atoms with van der Waals surface area (Å²) in [6.45, 7) is 7.79. The van der Waals surface area contributed by atoms with Crippen LogP contribution in [0.1, 0.15) is 56.0 Å². The standard InChI is InChI=1S/C24H31N3O2/c1-4-27(17(2)3)22-13-11-20(12-14-22)23(28)25-16-18-7-5-10-21(15-18)26-24(29)19-8-6-9-19/h5,7,10-15,17,19H,4,6,8-9,16H2,1-3H3,(H,25,28)(H,26,29). The van der Waals surface area contributed by atoms with Crippen molar-refractivity contribution in [2.24, 2.45) is 5.92 Å². The fourth-order valence-electron chi connectivity index (χ4n) is 3.61. The van der Waals surface area contributed by atoms with Crippen LogP contribution < -0.4 is 15.5 Å². The number of carbonyl (C=O) groups excluding carboxylic acids is 2. The van der Waals surface area contributed by atoms with Gasteiger partial charge in [0.1, 0.15) is 0 Å². The number of benzene rings is 2. The van der Waals surface area contributed by atoms with Crippen LogP contribution in [-0.2, 0) is 11.3 Å². The summed E-state index contributed by atoms with van der Waals surface area (Å²) in [5, 5.41) is 5.94. The van der Waals surface area contributed by atoms with Gasteiger partial charge in [0.05, 0.1) is 0 Å². The van der Waals surface area contributed by atoms with E-state index in [1.54, 1.807) is 0 Å². The average Bonchev–Trinajstić information content (AvgIpc) is 2.66. The first kappa shape index (κ1) is 20.9. The molecule has 2 aromatic carbocycles. The Morgan fingerprint density at radius 1 is 1.10 bits per heavy atom. The molecule has 0 heterocycles. The molecule has 1 aliphatic carbocycles. The van der Waals surface area contributed by atoms with Crippen LogP contribution in [0.4, 0.5) is 11.4 Å². The Bertz CT molecular complexity index is 841. The third-order valence-corrected chi connectivity index (χ3v) is 5.55. The zero-order chi connectivity index (χ0) is 20.8. The highest BCUT2D eigenvalue weighted by atomic mass is 16.2. The first-order valence-corrected chi connectivity index (χ1v) is 10.5. The third kappa shape index (κ3) is 5.37. The molecule has 0 bridgehead atoms. The maximum atomic E-state index is 12.5. The second-order valence-corrected chi connectivity index (χ2v) is 7.93. The van der Waals surface area contributed by atoms with Crippen molar-refractivity contribution in [1.82, 2.24) is 5.32 Å². The molecular formula is C24H31N3O2. The molecule has 0 atom stereocenters. The van der Waals surface area contributed by atoms with E-state index < -0.39 is 0 Å². The number of rotatable bonds is 8. The Morgan fingerprint density at radius 2 is 1.83 bits per heavy atom. The highest BCUT2D eigenvalue weighted by Crippen LogP contribution is 2.27. The van der Waals surface area contributed by atoms with Crippen LogP contribution in [0.15, 0.2) is 48.5 Å². The van der Waals surface area contributed by atoms with Crippen LogP contribution in [0, 0.1) is 5.92 Å². The Hall–Kier alpha value is -2.82. The van der Waals surface area contributed by atoms with E-state index in [0.29, 0.717) is 18.2 Å². The summed E-state index contributed by atoms with van der Waals surface area (Å²) in [7, 11) is 0. The van der Waals surface area contributed by atoms with Crippen LogP contribution in [0.2, 0.25) is 0 Å². The molecule has 0 spiro atoms. The molecule has 5 heteroatoms. The third-order valence-electron chi connectivity index (χ3n) is 5.55. The van der Waals surface area contributed by atoms with Gasteiger partial charge in [0, 0.05) is 42.0 Å². The minimum absolute atomic E-state index is 0.0973. The minimum Gasteiger partial charge on any atom is -0.369 e. The molecule has 0 aromatic heterocycles. The van der Waals surface area contributed by atoms with Gasteiger partial charge >= 0.3 is 0 Å². The van der Waals surface area contributed by atoms with Crippen molar-refractivity contribution in [3.05, 3.63) is 59.7 Å². The Kier molecular flexibility index (Phi) is 6.91. The van der Waals surface area contributed by atoms with Gasteiger partial charge < -0.3 is 15.5 Å². The van der Waals surface area contributed by atoms with Crippen LogP contribution in [0.5, 0.6) is 0 Å². The number of hydrogen-bond donors (Lipinski definition) is 2. The van der Waals surface area contributed by atoms with Gasteiger partial charge in [0.15, 0.2) is 0 Å². The molecule has 0 radical (unpaired) electrons. The molecule has 0 aliphatic heterocycles. The maximum absolute atomic E-state index is 12.5. The van der Waals surface area contributed by atoms with E-state index in [4.69, 9.17) is 0 Å². The monoisotopic (exact) mass is 393 g/mol. The second-order valence-electron chi connectivity index (χ2n) is 7.93. The molecule has 0 saturated heterocycles. The number of nitrogens with zero attached hydrogens (tertiary/aromatic N) is 1.